The highest BCUT2D eigenvalue weighted by atomic mass is 16.6. The molecule has 4 heteroatoms. The van der Waals surface area contributed by atoms with Crippen molar-refractivity contribution in [3.63, 3.8) is 0 Å². The van der Waals surface area contributed by atoms with Crippen molar-refractivity contribution in [2.45, 2.75) is 65.1 Å². The van der Waals surface area contributed by atoms with Crippen LogP contribution in [0.5, 0.6) is 0 Å². The molecule has 0 aromatic carbocycles. The third-order valence-corrected chi connectivity index (χ3v) is 3.08. The molecule has 1 aliphatic rings. The fourth-order valence-corrected chi connectivity index (χ4v) is 2.44. The van der Waals surface area contributed by atoms with Crippen molar-refractivity contribution in [3.8, 4) is 0 Å². The minimum absolute atomic E-state index is 0.0400. The summed E-state index contributed by atoms with van der Waals surface area (Å²) in [5.74, 6) is 0. The normalized spacial score (nSPS) is 38.3. The Labute approximate surface area is 105 Å². The molecular formula is C13H26O4. The van der Waals surface area contributed by atoms with Gasteiger partial charge in [-0.2, -0.15) is 0 Å². The van der Waals surface area contributed by atoms with E-state index in [9.17, 15) is 0 Å². The lowest BCUT2D eigenvalue weighted by Gasteiger charge is -2.44. The van der Waals surface area contributed by atoms with Crippen molar-refractivity contribution < 1.29 is 18.9 Å². The highest BCUT2D eigenvalue weighted by molar-refractivity contribution is 4.92. The van der Waals surface area contributed by atoms with Gasteiger partial charge in [0.15, 0.2) is 0 Å². The first-order valence-corrected chi connectivity index (χ1v) is 6.65. The summed E-state index contributed by atoms with van der Waals surface area (Å²) in [6.07, 6.45) is -0.0598. The van der Waals surface area contributed by atoms with Crippen LogP contribution in [0.4, 0.5) is 0 Å². The second-order valence-corrected chi connectivity index (χ2v) is 4.31. The molecule has 0 aromatic heterocycles. The number of hydrogen-bond acceptors (Lipinski definition) is 4. The summed E-state index contributed by atoms with van der Waals surface area (Å²) >= 11 is 0. The third kappa shape index (κ3) is 3.65. The Hall–Kier alpha value is -0.160. The first kappa shape index (κ1) is 14.9. The van der Waals surface area contributed by atoms with Crippen LogP contribution in [0.3, 0.4) is 0 Å². The van der Waals surface area contributed by atoms with Crippen LogP contribution >= 0.6 is 0 Å². The lowest BCUT2D eigenvalue weighted by Crippen LogP contribution is -2.58. The van der Waals surface area contributed by atoms with Gasteiger partial charge in [0.2, 0.25) is 0 Å². The van der Waals surface area contributed by atoms with Gasteiger partial charge >= 0.3 is 0 Å². The summed E-state index contributed by atoms with van der Waals surface area (Å²) in [6.45, 7) is 12.0. The van der Waals surface area contributed by atoms with Crippen molar-refractivity contribution in [1.82, 2.24) is 0 Å². The van der Waals surface area contributed by atoms with Crippen molar-refractivity contribution >= 4 is 0 Å². The minimum atomic E-state index is -0.0484. The van der Waals surface area contributed by atoms with Crippen LogP contribution in [-0.4, -0.2) is 50.3 Å². The Morgan fingerprint density at radius 1 is 0.706 bits per heavy atom. The zero-order chi connectivity index (χ0) is 12.8. The lowest BCUT2D eigenvalue weighted by molar-refractivity contribution is -0.247. The van der Waals surface area contributed by atoms with Crippen LogP contribution < -0.4 is 0 Å². The molecule has 0 saturated carbocycles. The predicted octanol–water partition coefficient (Wildman–Crippen LogP) is 2.01. The van der Waals surface area contributed by atoms with E-state index < -0.39 is 0 Å². The van der Waals surface area contributed by atoms with E-state index in [0.717, 1.165) is 0 Å². The number of rotatable bonds is 6. The van der Waals surface area contributed by atoms with Crippen LogP contribution in [-0.2, 0) is 18.9 Å². The molecule has 0 spiro atoms. The molecule has 0 aromatic rings. The quantitative estimate of drug-likeness (QED) is 0.718. The topological polar surface area (TPSA) is 36.9 Å². The molecule has 0 aliphatic carbocycles. The SMILES string of the molecule is CCOC1[C@@H](OCC)C(C)O[C@@H](C)[C@@H]1OCC. The van der Waals surface area contributed by atoms with E-state index in [0.29, 0.717) is 19.8 Å². The van der Waals surface area contributed by atoms with Crippen molar-refractivity contribution in [3.05, 3.63) is 0 Å². The fraction of sp³-hybridized carbons (Fsp3) is 1.00. The molecule has 0 N–H and O–H groups in total. The van der Waals surface area contributed by atoms with Crippen LogP contribution in [0.2, 0.25) is 0 Å². The van der Waals surface area contributed by atoms with Crippen molar-refractivity contribution in [2.24, 2.45) is 0 Å². The van der Waals surface area contributed by atoms with Gasteiger partial charge < -0.3 is 18.9 Å². The monoisotopic (exact) mass is 246 g/mol. The summed E-state index contributed by atoms with van der Waals surface area (Å²) in [4.78, 5) is 0. The zero-order valence-corrected chi connectivity index (χ0v) is 11.6. The number of hydrogen-bond donors (Lipinski definition) is 0. The van der Waals surface area contributed by atoms with Crippen LogP contribution in [0.25, 0.3) is 0 Å². The van der Waals surface area contributed by atoms with E-state index in [2.05, 4.69) is 0 Å². The van der Waals surface area contributed by atoms with Gasteiger partial charge in [-0.25, -0.2) is 0 Å². The molecule has 1 fully saturated rings. The molecule has 1 aliphatic heterocycles. The molecule has 4 nitrogen and oxygen atoms in total. The molecule has 5 atom stereocenters. The van der Waals surface area contributed by atoms with E-state index >= 15 is 0 Å². The van der Waals surface area contributed by atoms with E-state index in [1.807, 2.05) is 34.6 Å². The van der Waals surface area contributed by atoms with Gasteiger partial charge in [-0.1, -0.05) is 0 Å². The van der Waals surface area contributed by atoms with Crippen LogP contribution in [0, 0.1) is 0 Å². The molecule has 0 bridgehead atoms. The lowest BCUT2D eigenvalue weighted by atomic mass is 9.95. The minimum Gasteiger partial charge on any atom is -0.373 e. The van der Waals surface area contributed by atoms with Gasteiger partial charge in [0.05, 0.1) is 12.2 Å². The number of ether oxygens (including phenoxy) is 4. The maximum atomic E-state index is 5.86. The van der Waals surface area contributed by atoms with Gasteiger partial charge in [-0.05, 0) is 34.6 Å². The van der Waals surface area contributed by atoms with E-state index in [-0.39, 0.29) is 30.5 Å². The molecule has 17 heavy (non-hydrogen) atoms. The van der Waals surface area contributed by atoms with E-state index in [4.69, 9.17) is 18.9 Å². The van der Waals surface area contributed by atoms with Gasteiger partial charge in [-0.15, -0.1) is 0 Å². The third-order valence-electron chi connectivity index (χ3n) is 3.08. The van der Waals surface area contributed by atoms with Gasteiger partial charge in [0, 0.05) is 19.8 Å². The molecule has 2 unspecified atom stereocenters. The summed E-state index contributed by atoms with van der Waals surface area (Å²) in [6, 6.07) is 0. The average molecular weight is 246 g/mol. The van der Waals surface area contributed by atoms with Crippen molar-refractivity contribution in [1.29, 1.82) is 0 Å². The van der Waals surface area contributed by atoms with E-state index in [1.54, 1.807) is 0 Å². The molecular weight excluding hydrogens is 220 g/mol. The molecule has 102 valence electrons. The first-order chi connectivity index (χ1) is 8.15. The predicted molar refractivity (Wildman–Crippen MR) is 66.3 cm³/mol. The molecule has 1 rings (SSSR count). The van der Waals surface area contributed by atoms with Crippen LogP contribution in [0.15, 0.2) is 0 Å². The van der Waals surface area contributed by atoms with E-state index in [1.165, 1.54) is 0 Å². The Morgan fingerprint density at radius 3 is 1.41 bits per heavy atom. The maximum Gasteiger partial charge on any atom is 0.115 e. The highest BCUT2D eigenvalue weighted by Crippen LogP contribution is 2.27. The highest BCUT2D eigenvalue weighted by Gasteiger charge is 2.44. The largest absolute Gasteiger partial charge is 0.373 e. The second kappa shape index (κ2) is 7.31. The Morgan fingerprint density at radius 2 is 1.06 bits per heavy atom. The van der Waals surface area contributed by atoms with Gasteiger partial charge in [0.1, 0.15) is 18.3 Å². The van der Waals surface area contributed by atoms with Crippen LogP contribution in [0.1, 0.15) is 34.6 Å². The summed E-state index contributed by atoms with van der Waals surface area (Å²) in [5, 5.41) is 0. The molecule has 1 heterocycles. The Balaban J connectivity index is 2.78. The second-order valence-electron chi connectivity index (χ2n) is 4.31. The molecule has 0 radical (unpaired) electrons. The average Bonchev–Trinajstić information content (AvgIpc) is 2.29. The summed E-state index contributed by atoms with van der Waals surface area (Å²) in [7, 11) is 0. The van der Waals surface area contributed by atoms with Gasteiger partial charge in [0.25, 0.3) is 0 Å². The first-order valence-electron chi connectivity index (χ1n) is 6.65. The standard InChI is InChI=1S/C13H26O4/c1-6-14-11-9(4)17-10(5)12(15-7-2)13(11)16-8-3/h9-13H,6-8H2,1-5H3/t9-,10?,11-,12-,13?/m0/s1. The van der Waals surface area contributed by atoms with Crippen molar-refractivity contribution in [2.75, 3.05) is 19.8 Å². The molecule has 1 saturated heterocycles. The summed E-state index contributed by atoms with van der Waals surface area (Å²) < 4.78 is 23.2. The maximum absolute atomic E-state index is 5.86. The molecule has 0 amide bonds. The Bertz CT molecular complexity index is 192. The zero-order valence-electron chi connectivity index (χ0n) is 11.6. The Kier molecular flexibility index (Phi) is 6.41. The summed E-state index contributed by atoms with van der Waals surface area (Å²) in [5.41, 5.74) is 0. The smallest absolute Gasteiger partial charge is 0.115 e. The fourth-order valence-electron chi connectivity index (χ4n) is 2.44. The van der Waals surface area contributed by atoms with Gasteiger partial charge in [-0.3, -0.25) is 0 Å².